The molecular formula is C11H11NO4. The average molecular weight is 221 g/mol. The predicted octanol–water partition coefficient (Wildman–Crippen LogP) is 0.893. The fraction of sp³-hybridized carbons (Fsp3) is 0.0909. The zero-order chi connectivity index (χ0) is 12.1. The molecule has 0 fully saturated rings. The van der Waals surface area contributed by atoms with E-state index in [9.17, 15) is 14.7 Å². The lowest BCUT2D eigenvalue weighted by atomic mass is 10.1. The highest BCUT2D eigenvalue weighted by Gasteiger charge is 2.09. The van der Waals surface area contributed by atoms with Gasteiger partial charge in [0.15, 0.2) is 0 Å². The lowest BCUT2D eigenvalue weighted by molar-refractivity contribution is -0.116. The molecule has 0 unspecified atom stereocenters. The first-order valence-corrected chi connectivity index (χ1v) is 4.50. The van der Waals surface area contributed by atoms with Gasteiger partial charge in [-0.25, -0.2) is 4.79 Å². The van der Waals surface area contributed by atoms with Crippen molar-refractivity contribution in [2.75, 3.05) is 0 Å². The van der Waals surface area contributed by atoms with Crippen molar-refractivity contribution in [1.29, 1.82) is 0 Å². The van der Waals surface area contributed by atoms with E-state index in [1.54, 1.807) is 0 Å². The Hall–Kier alpha value is -2.30. The summed E-state index contributed by atoms with van der Waals surface area (Å²) >= 11 is 0. The maximum atomic E-state index is 10.9. The third kappa shape index (κ3) is 2.84. The molecule has 0 aromatic heterocycles. The molecule has 0 aliphatic heterocycles. The van der Waals surface area contributed by atoms with E-state index in [4.69, 9.17) is 5.11 Å². The summed E-state index contributed by atoms with van der Waals surface area (Å²) in [4.78, 5) is 21.6. The molecule has 1 rings (SSSR count). The molecular weight excluding hydrogens is 210 g/mol. The van der Waals surface area contributed by atoms with Gasteiger partial charge in [-0.1, -0.05) is 12.6 Å². The Morgan fingerprint density at radius 2 is 2.12 bits per heavy atom. The number of nitrogens with one attached hydrogen (secondary N) is 1. The van der Waals surface area contributed by atoms with Crippen LogP contribution in [-0.2, 0) is 11.3 Å². The van der Waals surface area contributed by atoms with E-state index in [1.807, 2.05) is 0 Å². The molecule has 0 saturated heterocycles. The second-order valence-electron chi connectivity index (χ2n) is 3.08. The molecule has 3 N–H and O–H groups in total. The minimum atomic E-state index is -1.21. The summed E-state index contributed by atoms with van der Waals surface area (Å²) in [5.74, 6) is -1.86. The van der Waals surface area contributed by atoms with Crippen molar-refractivity contribution in [1.82, 2.24) is 5.32 Å². The molecule has 0 radical (unpaired) electrons. The topological polar surface area (TPSA) is 86.6 Å². The fourth-order valence-corrected chi connectivity index (χ4v) is 1.13. The number of carbonyl (C=O) groups excluding carboxylic acids is 1. The van der Waals surface area contributed by atoms with E-state index >= 15 is 0 Å². The minimum Gasteiger partial charge on any atom is -0.507 e. The molecule has 1 amide bonds. The number of amides is 1. The Bertz CT molecular complexity index is 440. The van der Waals surface area contributed by atoms with Crippen LogP contribution in [0.4, 0.5) is 0 Å². The lowest BCUT2D eigenvalue weighted by Gasteiger charge is -2.05. The Kier molecular flexibility index (Phi) is 3.66. The first-order chi connectivity index (χ1) is 7.54. The van der Waals surface area contributed by atoms with Gasteiger partial charge in [0.05, 0.1) is 0 Å². The molecule has 5 nitrogen and oxygen atoms in total. The molecule has 0 spiro atoms. The van der Waals surface area contributed by atoms with Gasteiger partial charge in [0, 0.05) is 6.54 Å². The number of aromatic hydroxyl groups is 1. The van der Waals surface area contributed by atoms with Crippen molar-refractivity contribution in [3.63, 3.8) is 0 Å². The molecule has 5 heteroatoms. The van der Waals surface area contributed by atoms with Gasteiger partial charge in [-0.15, -0.1) is 0 Å². The van der Waals surface area contributed by atoms with Crippen molar-refractivity contribution in [3.05, 3.63) is 42.0 Å². The van der Waals surface area contributed by atoms with Crippen LogP contribution in [0.2, 0.25) is 0 Å². The van der Waals surface area contributed by atoms with Gasteiger partial charge in [0.25, 0.3) is 0 Å². The van der Waals surface area contributed by atoms with Gasteiger partial charge in [-0.05, 0) is 23.8 Å². The van der Waals surface area contributed by atoms with Crippen LogP contribution in [0.5, 0.6) is 5.75 Å². The molecule has 0 heterocycles. The average Bonchev–Trinajstić information content (AvgIpc) is 2.27. The van der Waals surface area contributed by atoms with Crippen molar-refractivity contribution >= 4 is 11.9 Å². The standard InChI is InChI=1S/C11H11NO4/c1-2-10(14)12-6-7-3-4-9(13)8(5-7)11(15)16/h2-5,13H,1,6H2,(H,12,14)(H,15,16). The first-order valence-electron chi connectivity index (χ1n) is 4.50. The van der Waals surface area contributed by atoms with Gasteiger partial charge >= 0.3 is 5.97 Å². The number of rotatable bonds is 4. The maximum Gasteiger partial charge on any atom is 0.339 e. The monoisotopic (exact) mass is 221 g/mol. The lowest BCUT2D eigenvalue weighted by Crippen LogP contribution is -2.20. The first kappa shape index (κ1) is 11.8. The highest BCUT2D eigenvalue weighted by atomic mass is 16.4. The van der Waals surface area contributed by atoms with Gasteiger partial charge in [0.2, 0.25) is 5.91 Å². The molecule has 0 saturated carbocycles. The number of carboxylic acid groups (broad SMARTS) is 1. The zero-order valence-electron chi connectivity index (χ0n) is 8.43. The number of hydrogen-bond acceptors (Lipinski definition) is 3. The largest absolute Gasteiger partial charge is 0.507 e. The SMILES string of the molecule is C=CC(=O)NCc1ccc(O)c(C(=O)O)c1. The van der Waals surface area contributed by atoms with Gasteiger partial charge in [-0.2, -0.15) is 0 Å². The Morgan fingerprint density at radius 3 is 2.69 bits per heavy atom. The molecule has 0 aliphatic carbocycles. The summed E-state index contributed by atoms with van der Waals surface area (Å²) in [5.41, 5.74) is 0.399. The number of hydrogen-bond donors (Lipinski definition) is 3. The van der Waals surface area contributed by atoms with Gasteiger partial charge in [0.1, 0.15) is 11.3 Å². The summed E-state index contributed by atoms with van der Waals surface area (Å²) in [6, 6.07) is 4.12. The zero-order valence-corrected chi connectivity index (χ0v) is 8.43. The number of phenols is 1. The van der Waals surface area contributed by atoms with Crippen molar-refractivity contribution in [3.8, 4) is 5.75 Å². The van der Waals surface area contributed by atoms with Crippen LogP contribution in [-0.4, -0.2) is 22.1 Å². The number of aromatic carboxylic acids is 1. The van der Waals surface area contributed by atoms with Crippen LogP contribution in [0.15, 0.2) is 30.9 Å². The van der Waals surface area contributed by atoms with Crippen molar-refractivity contribution in [2.45, 2.75) is 6.54 Å². The molecule has 1 aromatic carbocycles. The summed E-state index contributed by atoms with van der Waals surface area (Å²) in [7, 11) is 0. The van der Waals surface area contributed by atoms with Crippen LogP contribution < -0.4 is 5.32 Å². The Morgan fingerprint density at radius 1 is 1.44 bits per heavy atom. The smallest absolute Gasteiger partial charge is 0.339 e. The maximum absolute atomic E-state index is 10.9. The van der Waals surface area contributed by atoms with Crippen molar-refractivity contribution < 1.29 is 19.8 Å². The molecule has 0 aliphatic rings. The Balaban J connectivity index is 2.82. The summed E-state index contributed by atoms with van der Waals surface area (Å²) in [5, 5.41) is 20.5. The van der Waals surface area contributed by atoms with Crippen LogP contribution in [0.25, 0.3) is 0 Å². The van der Waals surface area contributed by atoms with E-state index in [-0.39, 0.29) is 23.8 Å². The quantitative estimate of drug-likeness (QED) is 0.659. The van der Waals surface area contributed by atoms with Crippen molar-refractivity contribution in [2.24, 2.45) is 0 Å². The second-order valence-corrected chi connectivity index (χ2v) is 3.08. The third-order valence-electron chi connectivity index (χ3n) is 1.94. The van der Waals surface area contributed by atoms with E-state index in [0.717, 1.165) is 6.08 Å². The number of benzene rings is 1. The molecule has 84 valence electrons. The highest BCUT2D eigenvalue weighted by Crippen LogP contribution is 2.18. The van der Waals surface area contributed by atoms with Crippen LogP contribution in [0.1, 0.15) is 15.9 Å². The Labute approximate surface area is 92.0 Å². The fourth-order valence-electron chi connectivity index (χ4n) is 1.13. The number of carbonyl (C=O) groups is 2. The van der Waals surface area contributed by atoms with E-state index in [1.165, 1.54) is 18.2 Å². The summed E-state index contributed by atoms with van der Waals surface area (Å²) < 4.78 is 0. The van der Waals surface area contributed by atoms with Crippen LogP contribution in [0, 0.1) is 0 Å². The highest BCUT2D eigenvalue weighted by molar-refractivity contribution is 5.91. The van der Waals surface area contributed by atoms with Crippen LogP contribution >= 0.6 is 0 Å². The number of carboxylic acids is 1. The van der Waals surface area contributed by atoms with E-state index in [0.29, 0.717) is 5.56 Å². The van der Waals surface area contributed by atoms with Gasteiger partial charge in [-0.3, -0.25) is 4.79 Å². The predicted molar refractivity (Wildman–Crippen MR) is 57.1 cm³/mol. The molecule has 1 aromatic rings. The van der Waals surface area contributed by atoms with E-state index < -0.39 is 5.97 Å². The third-order valence-corrected chi connectivity index (χ3v) is 1.94. The summed E-state index contributed by atoms with van der Waals surface area (Å²) in [6.45, 7) is 3.47. The molecule has 0 atom stereocenters. The molecule has 0 bridgehead atoms. The van der Waals surface area contributed by atoms with Crippen LogP contribution in [0.3, 0.4) is 0 Å². The van der Waals surface area contributed by atoms with E-state index in [2.05, 4.69) is 11.9 Å². The summed E-state index contributed by atoms with van der Waals surface area (Å²) in [6.07, 6.45) is 1.12. The normalized spacial score (nSPS) is 9.50. The van der Waals surface area contributed by atoms with Gasteiger partial charge < -0.3 is 15.5 Å². The minimum absolute atomic E-state index is 0.186. The molecule has 16 heavy (non-hydrogen) atoms. The second kappa shape index (κ2) is 4.97.